The number of nitrogens with one attached hydrogen (secondary N) is 1. The first-order valence-electron chi connectivity index (χ1n) is 7.65. The van der Waals surface area contributed by atoms with Crippen molar-refractivity contribution in [3.8, 4) is 0 Å². The number of hydrogen-bond acceptors (Lipinski definition) is 3. The number of hydrogen-bond donors (Lipinski definition) is 2. The molecule has 0 saturated carbocycles. The first-order chi connectivity index (χ1) is 11.1. The molecule has 0 aromatic heterocycles. The van der Waals surface area contributed by atoms with Gasteiger partial charge in [0.05, 0.1) is 6.10 Å². The predicted octanol–water partition coefficient (Wildman–Crippen LogP) is 2.55. The molecular weight excluding hydrogens is 312 g/mol. The lowest BCUT2D eigenvalue weighted by Crippen LogP contribution is -2.51. The third-order valence-corrected chi connectivity index (χ3v) is 4.30. The van der Waals surface area contributed by atoms with Gasteiger partial charge in [0.1, 0.15) is 6.04 Å². The minimum absolute atomic E-state index is 0.0271. The zero-order chi connectivity index (χ0) is 16.2. The molecule has 1 saturated heterocycles. The number of piperazine rings is 1. The summed E-state index contributed by atoms with van der Waals surface area (Å²) in [7, 11) is 0. The lowest BCUT2D eigenvalue weighted by atomic mass is 10.0. The number of halogens is 1. The van der Waals surface area contributed by atoms with E-state index in [9.17, 15) is 9.90 Å². The topological polar surface area (TPSA) is 52.6 Å². The standard InChI is InChI=1S/C18H19ClN2O2/c19-15-8-4-7-14(11-15)16(22)12-21-10-9-20-18(23)17(21)13-5-2-1-3-6-13/h1-8,11,16-17,22H,9-10,12H2,(H,20,23). The molecule has 2 aromatic rings. The van der Waals surface area contributed by atoms with E-state index in [-0.39, 0.29) is 11.9 Å². The Morgan fingerprint density at radius 1 is 1.22 bits per heavy atom. The van der Waals surface area contributed by atoms with Crippen molar-refractivity contribution in [2.45, 2.75) is 12.1 Å². The van der Waals surface area contributed by atoms with Crippen LogP contribution in [-0.4, -0.2) is 35.5 Å². The second kappa shape index (κ2) is 7.13. The second-order valence-corrected chi connectivity index (χ2v) is 6.11. The maximum Gasteiger partial charge on any atom is 0.242 e. The highest BCUT2D eigenvalue weighted by molar-refractivity contribution is 6.30. The summed E-state index contributed by atoms with van der Waals surface area (Å²) in [5.74, 6) is -0.0271. The molecule has 3 rings (SSSR count). The second-order valence-electron chi connectivity index (χ2n) is 5.67. The van der Waals surface area contributed by atoms with Crippen molar-refractivity contribution < 1.29 is 9.90 Å². The maximum atomic E-state index is 12.3. The van der Waals surface area contributed by atoms with Crippen molar-refractivity contribution in [3.63, 3.8) is 0 Å². The summed E-state index contributed by atoms with van der Waals surface area (Å²) in [6.07, 6.45) is -0.689. The van der Waals surface area contributed by atoms with Crippen LogP contribution in [0.4, 0.5) is 0 Å². The molecule has 0 radical (unpaired) electrons. The minimum Gasteiger partial charge on any atom is -0.387 e. The molecule has 5 heteroatoms. The molecule has 2 N–H and O–H groups in total. The van der Waals surface area contributed by atoms with Gasteiger partial charge in [-0.25, -0.2) is 0 Å². The van der Waals surface area contributed by atoms with Gasteiger partial charge in [0.15, 0.2) is 0 Å². The van der Waals surface area contributed by atoms with E-state index >= 15 is 0 Å². The molecule has 4 nitrogen and oxygen atoms in total. The Morgan fingerprint density at radius 3 is 2.74 bits per heavy atom. The number of benzene rings is 2. The van der Waals surface area contributed by atoms with Crippen LogP contribution in [0.2, 0.25) is 5.02 Å². The predicted molar refractivity (Wildman–Crippen MR) is 90.2 cm³/mol. The summed E-state index contributed by atoms with van der Waals surface area (Å²) < 4.78 is 0. The summed E-state index contributed by atoms with van der Waals surface area (Å²) in [6, 6.07) is 16.5. The average Bonchev–Trinajstić information content (AvgIpc) is 2.56. The Bertz CT molecular complexity index is 678. The Morgan fingerprint density at radius 2 is 2.00 bits per heavy atom. The largest absolute Gasteiger partial charge is 0.387 e. The zero-order valence-electron chi connectivity index (χ0n) is 12.7. The molecule has 1 heterocycles. The number of β-amino-alcohol motifs (C(OH)–C–C–N with tert-alkyl or cyclic N) is 1. The van der Waals surface area contributed by atoms with E-state index < -0.39 is 6.10 Å². The van der Waals surface area contributed by atoms with Gasteiger partial charge in [0.25, 0.3) is 0 Å². The highest BCUT2D eigenvalue weighted by Gasteiger charge is 2.32. The summed E-state index contributed by atoms with van der Waals surface area (Å²) in [5.41, 5.74) is 1.69. The van der Waals surface area contributed by atoms with Crippen LogP contribution in [0.5, 0.6) is 0 Å². The number of nitrogens with zero attached hydrogens (tertiary/aromatic N) is 1. The number of carbonyl (C=O) groups is 1. The smallest absolute Gasteiger partial charge is 0.242 e. The van der Waals surface area contributed by atoms with Crippen LogP contribution in [0.1, 0.15) is 23.3 Å². The quantitative estimate of drug-likeness (QED) is 0.906. The fourth-order valence-electron chi connectivity index (χ4n) is 2.95. The highest BCUT2D eigenvalue weighted by Crippen LogP contribution is 2.26. The maximum absolute atomic E-state index is 12.3. The number of aliphatic hydroxyl groups excluding tert-OH is 1. The minimum atomic E-state index is -0.689. The molecule has 1 aliphatic rings. The summed E-state index contributed by atoms with van der Waals surface area (Å²) in [5, 5.41) is 14.0. The number of aliphatic hydroxyl groups is 1. The Hall–Kier alpha value is -1.88. The van der Waals surface area contributed by atoms with Crippen LogP contribution in [0.25, 0.3) is 0 Å². The van der Waals surface area contributed by atoms with Crippen LogP contribution in [0.15, 0.2) is 54.6 Å². The third kappa shape index (κ3) is 3.72. The van der Waals surface area contributed by atoms with Gasteiger partial charge in [0.2, 0.25) is 5.91 Å². The van der Waals surface area contributed by atoms with Gasteiger partial charge in [0, 0.05) is 24.7 Å². The van der Waals surface area contributed by atoms with Crippen LogP contribution < -0.4 is 5.32 Å². The Balaban J connectivity index is 1.80. The summed E-state index contributed by atoms with van der Waals surface area (Å²) in [4.78, 5) is 14.3. The molecule has 0 spiro atoms. The molecule has 120 valence electrons. The van der Waals surface area contributed by atoms with Crippen LogP contribution >= 0.6 is 11.6 Å². The molecule has 1 amide bonds. The zero-order valence-corrected chi connectivity index (χ0v) is 13.4. The van der Waals surface area contributed by atoms with Gasteiger partial charge < -0.3 is 10.4 Å². The van der Waals surface area contributed by atoms with Crippen molar-refractivity contribution in [3.05, 3.63) is 70.7 Å². The van der Waals surface area contributed by atoms with E-state index in [1.807, 2.05) is 47.4 Å². The summed E-state index contributed by atoms with van der Waals surface area (Å²) in [6.45, 7) is 1.67. The van der Waals surface area contributed by atoms with Crippen molar-refractivity contribution >= 4 is 17.5 Å². The third-order valence-electron chi connectivity index (χ3n) is 4.07. The van der Waals surface area contributed by atoms with Gasteiger partial charge in [-0.2, -0.15) is 0 Å². The SMILES string of the molecule is O=C1NCCN(CC(O)c2cccc(Cl)c2)C1c1ccccc1. The van der Waals surface area contributed by atoms with E-state index in [1.165, 1.54) is 0 Å². The van der Waals surface area contributed by atoms with E-state index in [0.717, 1.165) is 11.1 Å². The molecule has 0 bridgehead atoms. The monoisotopic (exact) mass is 330 g/mol. The molecule has 2 unspecified atom stereocenters. The normalized spacial score (nSPS) is 20.1. The van der Waals surface area contributed by atoms with Crippen molar-refractivity contribution in [1.29, 1.82) is 0 Å². The Labute approximate surface area is 140 Å². The van der Waals surface area contributed by atoms with Gasteiger partial charge in [-0.3, -0.25) is 9.69 Å². The fraction of sp³-hybridized carbons (Fsp3) is 0.278. The van der Waals surface area contributed by atoms with Crippen LogP contribution in [-0.2, 0) is 4.79 Å². The lowest BCUT2D eigenvalue weighted by molar-refractivity contribution is -0.130. The van der Waals surface area contributed by atoms with E-state index in [2.05, 4.69) is 5.32 Å². The summed E-state index contributed by atoms with van der Waals surface area (Å²) >= 11 is 5.99. The lowest BCUT2D eigenvalue weighted by Gasteiger charge is -2.36. The molecular formula is C18H19ClN2O2. The first-order valence-corrected chi connectivity index (χ1v) is 8.03. The molecule has 2 aromatic carbocycles. The van der Waals surface area contributed by atoms with E-state index in [0.29, 0.717) is 24.7 Å². The molecule has 2 atom stereocenters. The van der Waals surface area contributed by atoms with E-state index in [4.69, 9.17) is 11.6 Å². The number of carbonyl (C=O) groups excluding carboxylic acids is 1. The first kappa shape index (κ1) is 16.0. The molecule has 1 aliphatic heterocycles. The van der Waals surface area contributed by atoms with Gasteiger partial charge >= 0.3 is 0 Å². The van der Waals surface area contributed by atoms with Gasteiger partial charge in [-0.1, -0.05) is 54.1 Å². The highest BCUT2D eigenvalue weighted by atomic mass is 35.5. The van der Waals surface area contributed by atoms with Gasteiger partial charge in [-0.15, -0.1) is 0 Å². The van der Waals surface area contributed by atoms with Crippen molar-refractivity contribution in [2.75, 3.05) is 19.6 Å². The fourth-order valence-corrected chi connectivity index (χ4v) is 3.15. The number of amides is 1. The van der Waals surface area contributed by atoms with Gasteiger partial charge in [-0.05, 0) is 23.3 Å². The molecule has 23 heavy (non-hydrogen) atoms. The Kier molecular flexibility index (Phi) is 4.96. The van der Waals surface area contributed by atoms with Crippen LogP contribution in [0.3, 0.4) is 0 Å². The van der Waals surface area contributed by atoms with Crippen LogP contribution in [0, 0.1) is 0 Å². The van der Waals surface area contributed by atoms with Crippen molar-refractivity contribution in [1.82, 2.24) is 10.2 Å². The molecule has 1 fully saturated rings. The molecule has 0 aliphatic carbocycles. The van der Waals surface area contributed by atoms with Crippen molar-refractivity contribution in [2.24, 2.45) is 0 Å². The average molecular weight is 331 g/mol. The number of rotatable bonds is 4. The van der Waals surface area contributed by atoms with E-state index in [1.54, 1.807) is 12.1 Å².